The first kappa shape index (κ1) is 15.0. The zero-order valence-electron chi connectivity index (χ0n) is 12.9. The molecule has 1 amide bonds. The average molecular weight is 354 g/mol. The van der Waals surface area contributed by atoms with Crippen LogP contribution in [-0.4, -0.2) is 20.3 Å². The molecule has 3 heterocycles. The third-order valence-electron chi connectivity index (χ3n) is 3.56. The Morgan fingerprint density at radius 3 is 2.75 bits per heavy atom. The van der Waals surface area contributed by atoms with Crippen LogP contribution in [-0.2, 0) is 11.2 Å². The maximum atomic E-state index is 12.2. The molecule has 3 aromatic heterocycles. The van der Waals surface area contributed by atoms with Crippen molar-refractivity contribution in [2.45, 2.75) is 13.3 Å². The lowest BCUT2D eigenvalue weighted by Crippen LogP contribution is -2.15. The standard InChI is InChI=1S/C17H14N4OS2/c1-11-9-23-16(18-11)20-15(22)7-13-10-24-17-19-14(8-21(13)17)12-5-3-2-4-6-12/h2-6,8-10H,7H2,1H3,(H,18,20,22). The SMILES string of the molecule is Cc1csc(NC(=O)Cc2csc3nc(-c4ccccc4)cn23)n1. The molecule has 0 saturated heterocycles. The lowest BCUT2D eigenvalue weighted by molar-refractivity contribution is -0.115. The minimum absolute atomic E-state index is 0.0704. The quantitative estimate of drug-likeness (QED) is 0.602. The highest BCUT2D eigenvalue weighted by Gasteiger charge is 2.13. The van der Waals surface area contributed by atoms with E-state index in [2.05, 4.69) is 15.3 Å². The van der Waals surface area contributed by atoms with Crippen molar-refractivity contribution < 1.29 is 4.79 Å². The fourth-order valence-electron chi connectivity index (χ4n) is 2.44. The summed E-state index contributed by atoms with van der Waals surface area (Å²) in [5.74, 6) is -0.0704. The van der Waals surface area contributed by atoms with E-state index in [9.17, 15) is 4.79 Å². The van der Waals surface area contributed by atoms with E-state index in [4.69, 9.17) is 0 Å². The zero-order chi connectivity index (χ0) is 16.5. The number of amides is 1. The van der Waals surface area contributed by atoms with Crippen LogP contribution in [0.25, 0.3) is 16.2 Å². The first-order chi connectivity index (χ1) is 11.7. The molecule has 7 heteroatoms. The van der Waals surface area contributed by atoms with Crippen LogP contribution in [0.2, 0.25) is 0 Å². The predicted molar refractivity (Wildman–Crippen MR) is 97.7 cm³/mol. The van der Waals surface area contributed by atoms with Crippen molar-refractivity contribution in [2.75, 3.05) is 5.32 Å². The van der Waals surface area contributed by atoms with Crippen LogP contribution in [0.5, 0.6) is 0 Å². The topological polar surface area (TPSA) is 59.3 Å². The highest BCUT2D eigenvalue weighted by atomic mass is 32.1. The van der Waals surface area contributed by atoms with Crippen LogP contribution in [0.4, 0.5) is 5.13 Å². The Morgan fingerprint density at radius 1 is 1.17 bits per heavy atom. The number of thiazole rings is 2. The molecule has 4 aromatic rings. The van der Waals surface area contributed by atoms with E-state index >= 15 is 0 Å². The summed E-state index contributed by atoms with van der Waals surface area (Å²) >= 11 is 2.98. The third-order valence-corrected chi connectivity index (χ3v) is 5.32. The van der Waals surface area contributed by atoms with Gasteiger partial charge in [-0.05, 0) is 6.92 Å². The van der Waals surface area contributed by atoms with Gasteiger partial charge in [-0.1, -0.05) is 30.3 Å². The number of anilines is 1. The number of aromatic nitrogens is 3. The summed E-state index contributed by atoms with van der Waals surface area (Å²) in [6, 6.07) is 10.0. The number of hydrogen-bond donors (Lipinski definition) is 1. The summed E-state index contributed by atoms with van der Waals surface area (Å²) in [6.45, 7) is 1.91. The Bertz CT molecular complexity index is 1000. The van der Waals surface area contributed by atoms with Gasteiger partial charge in [-0.3, -0.25) is 9.20 Å². The van der Waals surface area contributed by atoms with Crippen molar-refractivity contribution >= 4 is 38.7 Å². The fraction of sp³-hybridized carbons (Fsp3) is 0.118. The van der Waals surface area contributed by atoms with Gasteiger partial charge in [0.2, 0.25) is 5.91 Å². The smallest absolute Gasteiger partial charge is 0.232 e. The Labute approximate surface area is 146 Å². The van der Waals surface area contributed by atoms with E-state index in [1.54, 1.807) is 11.3 Å². The average Bonchev–Trinajstić information content (AvgIpc) is 3.26. The van der Waals surface area contributed by atoms with Crippen LogP contribution in [0.3, 0.4) is 0 Å². The van der Waals surface area contributed by atoms with Crippen molar-refractivity contribution in [3.8, 4) is 11.3 Å². The summed E-state index contributed by atoms with van der Waals surface area (Å²) < 4.78 is 1.99. The maximum Gasteiger partial charge on any atom is 0.232 e. The fourth-order valence-corrected chi connectivity index (χ4v) is 4.02. The first-order valence-corrected chi connectivity index (χ1v) is 9.18. The monoisotopic (exact) mass is 354 g/mol. The van der Waals surface area contributed by atoms with Gasteiger partial charge in [0.15, 0.2) is 10.1 Å². The van der Waals surface area contributed by atoms with Gasteiger partial charge in [-0.2, -0.15) is 0 Å². The molecule has 0 aliphatic rings. The molecule has 4 rings (SSSR count). The molecule has 120 valence electrons. The number of hydrogen-bond acceptors (Lipinski definition) is 5. The number of imidazole rings is 1. The second-order valence-corrected chi connectivity index (χ2v) is 7.09. The molecule has 0 bridgehead atoms. The second-order valence-electron chi connectivity index (χ2n) is 5.39. The molecule has 0 saturated carbocycles. The Hall–Kier alpha value is -2.51. The van der Waals surface area contributed by atoms with Crippen LogP contribution >= 0.6 is 22.7 Å². The molecule has 24 heavy (non-hydrogen) atoms. The van der Waals surface area contributed by atoms with E-state index in [1.165, 1.54) is 11.3 Å². The number of nitrogens with one attached hydrogen (secondary N) is 1. The van der Waals surface area contributed by atoms with Gasteiger partial charge < -0.3 is 5.32 Å². The highest BCUT2D eigenvalue weighted by molar-refractivity contribution is 7.15. The number of benzene rings is 1. The van der Waals surface area contributed by atoms with Gasteiger partial charge in [0, 0.05) is 28.2 Å². The third kappa shape index (κ3) is 2.95. The van der Waals surface area contributed by atoms with Crippen molar-refractivity contribution in [1.82, 2.24) is 14.4 Å². The van der Waals surface area contributed by atoms with Crippen LogP contribution in [0.1, 0.15) is 11.4 Å². The molecule has 1 N–H and O–H groups in total. The van der Waals surface area contributed by atoms with Crippen LogP contribution in [0.15, 0.2) is 47.3 Å². The number of rotatable bonds is 4. The van der Waals surface area contributed by atoms with Gasteiger partial charge in [0.1, 0.15) is 0 Å². The highest BCUT2D eigenvalue weighted by Crippen LogP contribution is 2.24. The molecule has 1 aromatic carbocycles. The molecular weight excluding hydrogens is 340 g/mol. The van der Waals surface area contributed by atoms with Crippen molar-refractivity contribution in [3.05, 3.63) is 58.7 Å². The summed E-state index contributed by atoms with van der Waals surface area (Å²) in [5, 5.41) is 7.38. The lowest BCUT2D eigenvalue weighted by atomic mass is 10.2. The number of nitrogens with zero attached hydrogens (tertiary/aromatic N) is 3. The summed E-state index contributed by atoms with van der Waals surface area (Å²) in [5.41, 5.74) is 3.83. The minimum Gasteiger partial charge on any atom is -0.302 e. The Kier molecular flexibility index (Phi) is 3.87. The summed E-state index contributed by atoms with van der Waals surface area (Å²) in [6.07, 6.45) is 2.28. The van der Waals surface area contributed by atoms with Gasteiger partial charge in [0.25, 0.3) is 0 Å². The van der Waals surface area contributed by atoms with Gasteiger partial charge in [-0.25, -0.2) is 9.97 Å². The lowest BCUT2D eigenvalue weighted by Gasteiger charge is -2.01. The van der Waals surface area contributed by atoms with Crippen molar-refractivity contribution in [1.29, 1.82) is 0 Å². The van der Waals surface area contributed by atoms with Crippen molar-refractivity contribution in [3.63, 3.8) is 0 Å². The van der Waals surface area contributed by atoms with E-state index in [-0.39, 0.29) is 5.91 Å². The largest absolute Gasteiger partial charge is 0.302 e. The minimum atomic E-state index is -0.0704. The molecule has 0 fully saturated rings. The van der Waals surface area contributed by atoms with E-state index in [1.807, 2.05) is 58.6 Å². The molecule has 0 aliphatic heterocycles. The number of fused-ring (bicyclic) bond motifs is 1. The first-order valence-electron chi connectivity index (χ1n) is 7.42. The van der Waals surface area contributed by atoms with Gasteiger partial charge >= 0.3 is 0 Å². The van der Waals surface area contributed by atoms with Gasteiger partial charge in [-0.15, -0.1) is 22.7 Å². The van der Waals surface area contributed by atoms with E-state index < -0.39 is 0 Å². The molecule has 0 unspecified atom stereocenters. The summed E-state index contributed by atoms with van der Waals surface area (Å²) in [4.78, 5) is 22.0. The molecule has 0 aliphatic carbocycles. The van der Waals surface area contributed by atoms with Crippen LogP contribution < -0.4 is 5.32 Å². The van der Waals surface area contributed by atoms with Gasteiger partial charge in [0.05, 0.1) is 17.8 Å². The molecule has 5 nitrogen and oxygen atoms in total. The zero-order valence-corrected chi connectivity index (χ0v) is 14.5. The normalized spacial score (nSPS) is 11.0. The number of aryl methyl sites for hydroxylation is 1. The van der Waals surface area contributed by atoms with E-state index in [0.717, 1.165) is 27.6 Å². The number of carbonyl (C=O) groups excluding carboxylic acids is 1. The maximum absolute atomic E-state index is 12.2. The van der Waals surface area contributed by atoms with Crippen molar-refractivity contribution in [2.24, 2.45) is 0 Å². The Balaban J connectivity index is 1.56. The van der Waals surface area contributed by atoms with Crippen LogP contribution in [0, 0.1) is 6.92 Å². The Morgan fingerprint density at radius 2 is 2.00 bits per heavy atom. The predicted octanol–water partition coefficient (Wildman–Crippen LogP) is 4.01. The second kappa shape index (κ2) is 6.18. The molecule has 0 radical (unpaired) electrons. The van der Waals surface area contributed by atoms with E-state index in [0.29, 0.717) is 11.6 Å². The number of carbonyl (C=O) groups is 1. The molecular formula is C17H14N4OS2. The molecule has 0 spiro atoms. The molecule has 0 atom stereocenters. The summed E-state index contributed by atoms with van der Waals surface area (Å²) in [7, 11) is 0.